The third kappa shape index (κ3) is 32.5. The molecular weight excluding hydrogens is 797 g/mol. The van der Waals surface area contributed by atoms with E-state index in [0.29, 0.717) is 38.5 Å². The maximum absolute atomic E-state index is 13.1. The number of esters is 6. The van der Waals surface area contributed by atoms with Gasteiger partial charge in [-0.05, 0) is 38.5 Å². The minimum atomic E-state index is -1.32. The van der Waals surface area contributed by atoms with Gasteiger partial charge in [0.1, 0.15) is 39.6 Å². The van der Waals surface area contributed by atoms with E-state index < -0.39 is 46.6 Å². The summed E-state index contributed by atoms with van der Waals surface area (Å²) in [5, 5.41) is 0. The number of hydrogen-bond donors (Lipinski definition) is 0. The van der Waals surface area contributed by atoms with Crippen molar-refractivity contribution in [2.75, 3.05) is 52.9 Å². The number of rotatable bonds is 43. The fourth-order valence-electron chi connectivity index (χ4n) is 6.58. The zero-order valence-corrected chi connectivity index (χ0v) is 40.1. The van der Waals surface area contributed by atoms with Crippen molar-refractivity contribution in [1.29, 1.82) is 0 Å². The molecule has 0 aromatic heterocycles. The summed E-state index contributed by atoms with van der Waals surface area (Å²) in [6.07, 6.45) is 20.6. The molecule has 0 bridgehead atoms. The smallest absolute Gasteiger partial charge is 0.305 e. The van der Waals surface area contributed by atoms with Crippen LogP contribution in [0.3, 0.4) is 0 Å². The standard InChI is InChI=1S/C49H88O13/c1-7-13-16-19-22-25-31-45(53)60-39-48(36-57-42(50)28-10-4,37-58-43(51)29-11-5)34-56-35-49(38-59-44(52)30-12-6,40-61-46(54)32-26-23-20-17-14-8-2)41-62-47(55)33-27-24-21-18-15-9-3/h7-41H2,1-6H3. The van der Waals surface area contributed by atoms with Crippen molar-refractivity contribution in [3.8, 4) is 0 Å². The Balaban J connectivity index is 6.55. The van der Waals surface area contributed by atoms with Gasteiger partial charge in [0.25, 0.3) is 0 Å². The number of carbonyl (C=O) groups is 6. The average Bonchev–Trinajstić information content (AvgIpc) is 3.25. The second-order valence-electron chi connectivity index (χ2n) is 17.3. The highest BCUT2D eigenvalue weighted by atomic mass is 16.6. The first-order valence-corrected chi connectivity index (χ1v) is 24.5. The minimum Gasteiger partial charge on any atom is -0.465 e. The maximum Gasteiger partial charge on any atom is 0.305 e. The summed E-state index contributed by atoms with van der Waals surface area (Å²) in [6, 6.07) is 0. The van der Waals surface area contributed by atoms with Gasteiger partial charge in [0.05, 0.1) is 24.0 Å². The summed E-state index contributed by atoms with van der Waals surface area (Å²) in [6.45, 7) is 9.85. The molecule has 362 valence electrons. The Kier molecular flexibility index (Phi) is 37.3. The lowest BCUT2D eigenvalue weighted by atomic mass is 9.90. The van der Waals surface area contributed by atoms with Crippen LogP contribution in [0.2, 0.25) is 0 Å². The van der Waals surface area contributed by atoms with Crippen molar-refractivity contribution in [1.82, 2.24) is 0 Å². The number of ether oxygens (including phenoxy) is 7. The molecular formula is C49H88O13. The van der Waals surface area contributed by atoms with Gasteiger partial charge in [-0.2, -0.15) is 0 Å². The first-order chi connectivity index (χ1) is 29.9. The lowest BCUT2D eigenvalue weighted by Crippen LogP contribution is -2.47. The van der Waals surface area contributed by atoms with Gasteiger partial charge >= 0.3 is 35.8 Å². The van der Waals surface area contributed by atoms with E-state index in [2.05, 4.69) is 20.8 Å². The minimum absolute atomic E-state index is 0.158. The zero-order chi connectivity index (χ0) is 46.2. The first-order valence-electron chi connectivity index (χ1n) is 24.5. The molecule has 62 heavy (non-hydrogen) atoms. The summed E-state index contributed by atoms with van der Waals surface area (Å²) in [5.74, 6) is -2.70. The fraction of sp³-hybridized carbons (Fsp3) is 0.878. The lowest BCUT2D eigenvalue weighted by molar-refractivity contribution is -0.175. The monoisotopic (exact) mass is 885 g/mol. The van der Waals surface area contributed by atoms with Crippen molar-refractivity contribution in [3.63, 3.8) is 0 Å². The predicted molar refractivity (Wildman–Crippen MR) is 240 cm³/mol. The van der Waals surface area contributed by atoms with E-state index in [1.807, 2.05) is 20.8 Å². The molecule has 0 rings (SSSR count). The number of hydrogen-bond acceptors (Lipinski definition) is 13. The highest BCUT2D eigenvalue weighted by Gasteiger charge is 2.41. The van der Waals surface area contributed by atoms with Gasteiger partial charge < -0.3 is 33.2 Å². The lowest BCUT2D eigenvalue weighted by Gasteiger charge is -2.35. The molecule has 0 aliphatic rings. The van der Waals surface area contributed by atoms with Gasteiger partial charge in [0, 0.05) is 38.5 Å². The molecule has 0 aliphatic heterocycles. The van der Waals surface area contributed by atoms with E-state index in [4.69, 9.17) is 33.2 Å². The van der Waals surface area contributed by atoms with Crippen LogP contribution in [0.25, 0.3) is 0 Å². The van der Waals surface area contributed by atoms with Gasteiger partial charge in [-0.1, -0.05) is 138 Å². The molecule has 0 unspecified atom stereocenters. The Labute approximate surface area is 375 Å². The largest absolute Gasteiger partial charge is 0.465 e. The summed E-state index contributed by atoms with van der Waals surface area (Å²) in [7, 11) is 0. The van der Waals surface area contributed by atoms with Crippen LogP contribution in [0.15, 0.2) is 0 Å². The van der Waals surface area contributed by atoms with Crippen LogP contribution in [0.4, 0.5) is 0 Å². The maximum atomic E-state index is 13.1. The normalized spacial score (nSPS) is 11.5. The molecule has 0 aliphatic carbocycles. The molecule has 0 heterocycles. The molecule has 0 spiro atoms. The Hall–Kier alpha value is -3.22. The van der Waals surface area contributed by atoms with Gasteiger partial charge in [0.2, 0.25) is 0 Å². The van der Waals surface area contributed by atoms with Crippen LogP contribution < -0.4 is 0 Å². The summed E-state index contributed by atoms with van der Waals surface area (Å²) in [4.78, 5) is 77.5. The topological polar surface area (TPSA) is 167 Å². The van der Waals surface area contributed by atoms with Crippen LogP contribution in [0.1, 0.15) is 215 Å². The SMILES string of the molecule is CCCCCCCCC(=O)OCC(COCC(COC(=O)CCC)(COC(=O)CCCCCCCC)COC(=O)CCCCCCCC)(COC(=O)CCC)COC(=O)CCC. The number of unbranched alkanes of at least 4 members (excludes halogenated alkanes) is 15. The second-order valence-corrected chi connectivity index (χ2v) is 17.3. The molecule has 0 atom stereocenters. The summed E-state index contributed by atoms with van der Waals surface area (Å²) < 4.78 is 40.9. The van der Waals surface area contributed by atoms with E-state index in [9.17, 15) is 28.8 Å². The van der Waals surface area contributed by atoms with Crippen LogP contribution >= 0.6 is 0 Å². The van der Waals surface area contributed by atoms with E-state index >= 15 is 0 Å². The van der Waals surface area contributed by atoms with E-state index in [1.165, 1.54) is 0 Å². The van der Waals surface area contributed by atoms with Gasteiger partial charge in [-0.3, -0.25) is 28.8 Å². The number of carbonyl (C=O) groups excluding carboxylic acids is 6. The molecule has 0 radical (unpaired) electrons. The van der Waals surface area contributed by atoms with Crippen molar-refractivity contribution >= 4 is 35.8 Å². The molecule has 0 N–H and O–H groups in total. The zero-order valence-electron chi connectivity index (χ0n) is 40.1. The average molecular weight is 885 g/mol. The Morgan fingerprint density at radius 3 is 0.694 bits per heavy atom. The first kappa shape index (κ1) is 58.8. The Morgan fingerprint density at radius 1 is 0.258 bits per heavy atom. The third-order valence-electron chi connectivity index (χ3n) is 10.6. The molecule has 0 saturated carbocycles. The van der Waals surface area contributed by atoms with Crippen LogP contribution in [0.5, 0.6) is 0 Å². The van der Waals surface area contributed by atoms with Crippen molar-refractivity contribution < 1.29 is 61.9 Å². The summed E-state index contributed by atoms with van der Waals surface area (Å²) >= 11 is 0. The highest BCUT2D eigenvalue weighted by Crippen LogP contribution is 2.27. The van der Waals surface area contributed by atoms with Gasteiger partial charge in [0.15, 0.2) is 0 Å². The molecule has 0 amide bonds. The van der Waals surface area contributed by atoms with Crippen molar-refractivity contribution in [2.45, 2.75) is 215 Å². The fourth-order valence-corrected chi connectivity index (χ4v) is 6.58. The van der Waals surface area contributed by atoms with Crippen molar-refractivity contribution in [3.05, 3.63) is 0 Å². The molecule has 13 heteroatoms. The Morgan fingerprint density at radius 2 is 0.468 bits per heavy atom. The second kappa shape index (κ2) is 39.4. The van der Waals surface area contributed by atoms with E-state index in [1.54, 1.807) is 0 Å². The third-order valence-corrected chi connectivity index (χ3v) is 10.6. The van der Waals surface area contributed by atoms with Gasteiger partial charge in [-0.15, -0.1) is 0 Å². The highest BCUT2D eigenvalue weighted by molar-refractivity contribution is 5.71. The van der Waals surface area contributed by atoms with E-state index in [0.717, 1.165) is 96.3 Å². The summed E-state index contributed by atoms with van der Waals surface area (Å²) in [5.41, 5.74) is -2.65. The molecule has 0 fully saturated rings. The Bertz CT molecular complexity index is 1130. The van der Waals surface area contributed by atoms with Crippen LogP contribution in [0, 0.1) is 10.8 Å². The molecule has 0 saturated heterocycles. The molecule has 0 aromatic rings. The quantitative estimate of drug-likeness (QED) is 0.0323. The van der Waals surface area contributed by atoms with Crippen LogP contribution in [-0.4, -0.2) is 88.7 Å². The van der Waals surface area contributed by atoms with Gasteiger partial charge in [-0.25, -0.2) is 0 Å². The molecule has 0 aromatic carbocycles. The predicted octanol–water partition coefficient (Wildman–Crippen LogP) is 10.9. The van der Waals surface area contributed by atoms with Crippen LogP contribution in [-0.2, 0) is 61.9 Å². The molecule has 13 nitrogen and oxygen atoms in total. The van der Waals surface area contributed by atoms with Crippen molar-refractivity contribution in [2.24, 2.45) is 10.8 Å². The van der Waals surface area contributed by atoms with E-state index in [-0.39, 0.29) is 91.4 Å².